The van der Waals surface area contributed by atoms with Gasteiger partial charge in [0.15, 0.2) is 0 Å². The van der Waals surface area contributed by atoms with E-state index in [9.17, 15) is 4.79 Å². The summed E-state index contributed by atoms with van der Waals surface area (Å²) >= 11 is 7.30. The number of hydrogen-bond donors (Lipinski definition) is 1. The van der Waals surface area contributed by atoms with E-state index in [1.165, 1.54) is 24.2 Å². The van der Waals surface area contributed by atoms with Gasteiger partial charge >= 0.3 is 0 Å². The second-order valence-corrected chi connectivity index (χ2v) is 8.56. The van der Waals surface area contributed by atoms with Crippen LogP contribution in [0.1, 0.15) is 42.2 Å². The van der Waals surface area contributed by atoms with Crippen LogP contribution >= 0.6 is 22.9 Å². The van der Waals surface area contributed by atoms with Gasteiger partial charge in [-0.1, -0.05) is 11.6 Å². The number of nitrogens with one attached hydrogen (secondary N) is 1. The van der Waals surface area contributed by atoms with Crippen molar-refractivity contribution >= 4 is 28.8 Å². The van der Waals surface area contributed by atoms with E-state index < -0.39 is 0 Å². The smallest absolute Gasteiger partial charge is 0.270 e. The number of benzene rings is 1. The monoisotopic (exact) mass is 407 g/mol. The third-order valence-corrected chi connectivity index (χ3v) is 5.87. The molecule has 0 aliphatic carbocycles. The van der Waals surface area contributed by atoms with Crippen molar-refractivity contribution in [3.63, 3.8) is 0 Å². The molecule has 0 radical (unpaired) electrons. The molecule has 27 heavy (non-hydrogen) atoms. The normalized spacial score (nSPS) is 17.9. The van der Waals surface area contributed by atoms with Crippen molar-refractivity contribution in [1.29, 1.82) is 0 Å². The number of likely N-dealkylation sites (tertiary alicyclic amines) is 1. The Kier molecular flexibility index (Phi) is 7.10. The molecule has 1 atom stereocenters. The number of ether oxygens (including phenoxy) is 1. The number of aromatic nitrogens is 1. The highest BCUT2D eigenvalue weighted by molar-refractivity contribution is 7.09. The van der Waals surface area contributed by atoms with Crippen LogP contribution in [0.2, 0.25) is 5.02 Å². The van der Waals surface area contributed by atoms with Crippen LogP contribution in [-0.4, -0.2) is 41.5 Å². The first-order valence-electron chi connectivity index (χ1n) is 9.36. The van der Waals surface area contributed by atoms with Gasteiger partial charge in [-0.3, -0.25) is 4.79 Å². The summed E-state index contributed by atoms with van der Waals surface area (Å²) in [5.41, 5.74) is 0.464. The molecular formula is C20H26ClN3O2S. The Balaban J connectivity index is 1.46. The molecule has 0 saturated carbocycles. The summed E-state index contributed by atoms with van der Waals surface area (Å²) in [4.78, 5) is 19.3. The zero-order valence-electron chi connectivity index (χ0n) is 15.8. The number of hydrogen-bond acceptors (Lipinski definition) is 5. The van der Waals surface area contributed by atoms with Crippen molar-refractivity contribution < 1.29 is 9.53 Å². The standard InChI is InChI=1S/C20H26ClN3O2S/c1-14(2)24-9-3-4-15(11-24)10-22-20(25)18-13-27-19(23-18)12-26-17-7-5-16(21)6-8-17/h5-8,13-15H,3-4,9-12H2,1-2H3,(H,22,25). The Bertz CT molecular complexity index is 748. The molecule has 0 bridgehead atoms. The number of carbonyl (C=O) groups excluding carboxylic acids is 1. The van der Waals surface area contributed by atoms with Crippen LogP contribution in [-0.2, 0) is 6.61 Å². The molecule has 1 aliphatic rings. The maximum atomic E-state index is 12.4. The second-order valence-electron chi connectivity index (χ2n) is 7.18. The highest BCUT2D eigenvalue weighted by atomic mass is 35.5. The van der Waals surface area contributed by atoms with Crippen molar-refractivity contribution in [1.82, 2.24) is 15.2 Å². The molecule has 7 heteroatoms. The number of rotatable bonds is 7. The van der Waals surface area contributed by atoms with Gasteiger partial charge in [-0.15, -0.1) is 11.3 Å². The van der Waals surface area contributed by atoms with E-state index in [0.29, 0.717) is 35.8 Å². The molecule has 2 heterocycles. The number of nitrogens with zero attached hydrogens (tertiary/aromatic N) is 2. The lowest BCUT2D eigenvalue weighted by Gasteiger charge is -2.35. The molecule has 1 aromatic heterocycles. The molecule has 1 amide bonds. The average Bonchev–Trinajstić information content (AvgIpc) is 3.15. The number of carbonyl (C=O) groups is 1. The molecule has 1 aromatic carbocycles. The molecule has 0 spiro atoms. The van der Waals surface area contributed by atoms with Crippen molar-refractivity contribution in [3.05, 3.63) is 45.4 Å². The average molecular weight is 408 g/mol. The fraction of sp³-hybridized carbons (Fsp3) is 0.500. The molecule has 5 nitrogen and oxygen atoms in total. The van der Waals surface area contributed by atoms with Crippen LogP contribution in [0, 0.1) is 5.92 Å². The van der Waals surface area contributed by atoms with Crippen molar-refractivity contribution in [2.45, 2.75) is 39.3 Å². The van der Waals surface area contributed by atoms with E-state index in [4.69, 9.17) is 16.3 Å². The SMILES string of the molecule is CC(C)N1CCCC(CNC(=O)c2csc(COc3ccc(Cl)cc3)n2)C1. The molecule has 1 unspecified atom stereocenters. The number of amides is 1. The van der Waals surface area contributed by atoms with Crippen LogP contribution in [0.15, 0.2) is 29.6 Å². The third kappa shape index (κ3) is 5.92. The summed E-state index contributed by atoms with van der Waals surface area (Å²) < 4.78 is 5.68. The van der Waals surface area contributed by atoms with Crippen molar-refractivity contribution in [3.8, 4) is 5.75 Å². The first-order chi connectivity index (χ1) is 13.0. The molecule has 1 fully saturated rings. The van der Waals surface area contributed by atoms with E-state index in [2.05, 4.69) is 29.0 Å². The highest BCUT2D eigenvalue weighted by Crippen LogP contribution is 2.19. The van der Waals surface area contributed by atoms with Gasteiger partial charge in [0.1, 0.15) is 23.1 Å². The summed E-state index contributed by atoms with van der Waals surface area (Å²) in [5, 5.41) is 6.28. The molecule has 1 aliphatic heterocycles. The summed E-state index contributed by atoms with van der Waals surface area (Å²) in [6, 6.07) is 7.75. The van der Waals surface area contributed by atoms with Crippen LogP contribution in [0.4, 0.5) is 0 Å². The summed E-state index contributed by atoms with van der Waals surface area (Å²) in [7, 11) is 0. The zero-order valence-corrected chi connectivity index (χ0v) is 17.4. The second kappa shape index (κ2) is 9.53. The minimum Gasteiger partial charge on any atom is -0.486 e. The predicted molar refractivity (Wildman–Crippen MR) is 110 cm³/mol. The van der Waals surface area contributed by atoms with E-state index in [1.54, 1.807) is 17.5 Å². The maximum absolute atomic E-state index is 12.4. The maximum Gasteiger partial charge on any atom is 0.270 e. The first kappa shape index (κ1) is 20.1. The summed E-state index contributed by atoms with van der Waals surface area (Å²) in [5.74, 6) is 1.13. The molecule has 3 rings (SSSR count). The van der Waals surface area contributed by atoms with Crippen LogP contribution in [0.3, 0.4) is 0 Å². The minimum atomic E-state index is -0.106. The Morgan fingerprint density at radius 3 is 2.93 bits per heavy atom. The van der Waals surface area contributed by atoms with Crippen LogP contribution in [0.5, 0.6) is 5.75 Å². The lowest BCUT2D eigenvalue weighted by atomic mass is 9.97. The van der Waals surface area contributed by atoms with Gasteiger partial charge in [0.05, 0.1) is 0 Å². The van der Waals surface area contributed by atoms with E-state index in [1.807, 2.05) is 12.1 Å². The zero-order chi connectivity index (χ0) is 19.2. The van der Waals surface area contributed by atoms with Gasteiger partial charge in [0, 0.05) is 29.5 Å². The van der Waals surface area contributed by atoms with Crippen molar-refractivity contribution in [2.24, 2.45) is 5.92 Å². The highest BCUT2D eigenvalue weighted by Gasteiger charge is 2.22. The van der Waals surface area contributed by atoms with Gasteiger partial charge in [-0.05, 0) is 63.4 Å². The topological polar surface area (TPSA) is 54.5 Å². The molecule has 1 saturated heterocycles. The predicted octanol–water partition coefficient (Wildman–Crippen LogP) is 4.23. The van der Waals surface area contributed by atoms with Gasteiger partial charge < -0.3 is 15.0 Å². The van der Waals surface area contributed by atoms with E-state index >= 15 is 0 Å². The summed E-state index contributed by atoms with van der Waals surface area (Å²) in [6.45, 7) is 7.70. The van der Waals surface area contributed by atoms with E-state index in [0.717, 1.165) is 23.8 Å². The lowest BCUT2D eigenvalue weighted by Crippen LogP contribution is -2.43. The Labute approximate surface area is 169 Å². The molecular weight excluding hydrogens is 382 g/mol. The van der Waals surface area contributed by atoms with Crippen molar-refractivity contribution in [2.75, 3.05) is 19.6 Å². The Hall–Kier alpha value is -1.63. The summed E-state index contributed by atoms with van der Waals surface area (Å²) in [6.07, 6.45) is 2.36. The third-order valence-electron chi connectivity index (χ3n) is 4.79. The number of piperidine rings is 1. The number of thiazole rings is 1. The van der Waals surface area contributed by atoms with Gasteiger partial charge in [-0.2, -0.15) is 0 Å². The fourth-order valence-electron chi connectivity index (χ4n) is 3.22. The van der Waals surface area contributed by atoms with Crippen LogP contribution in [0.25, 0.3) is 0 Å². The Morgan fingerprint density at radius 2 is 2.19 bits per heavy atom. The Morgan fingerprint density at radius 1 is 1.41 bits per heavy atom. The quantitative estimate of drug-likeness (QED) is 0.746. The first-order valence-corrected chi connectivity index (χ1v) is 10.6. The largest absolute Gasteiger partial charge is 0.486 e. The van der Waals surface area contributed by atoms with E-state index in [-0.39, 0.29) is 5.91 Å². The van der Waals surface area contributed by atoms with Gasteiger partial charge in [0.25, 0.3) is 5.91 Å². The molecule has 2 aromatic rings. The fourth-order valence-corrected chi connectivity index (χ4v) is 4.03. The number of halogens is 1. The molecule has 146 valence electrons. The van der Waals surface area contributed by atoms with Gasteiger partial charge in [0.2, 0.25) is 0 Å². The lowest BCUT2D eigenvalue weighted by molar-refractivity contribution is 0.0918. The molecule has 1 N–H and O–H groups in total. The van der Waals surface area contributed by atoms with Gasteiger partial charge in [-0.25, -0.2) is 4.98 Å². The van der Waals surface area contributed by atoms with Crippen LogP contribution < -0.4 is 10.1 Å². The minimum absolute atomic E-state index is 0.106.